The molecule has 0 saturated heterocycles. The second-order valence-corrected chi connectivity index (χ2v) is 6.37. The zero-order chi connectivity index (χ0) is 12.9. The van der Waals surface area contributed by atoms with E-state index in [0.29, 0.717) is 6.04 Å². The molecule has 0 aromatic heterocycles. The Hall–Kier alpha value is -0.510. The van der Waals surface area contributed by atoms with E-state index >= 15 is 0 Å². The van der Waals surface area contributed by atoms with Crippen LogP contribution in [0.2, 0.25) is 0 Å². The van der Waals surface area contributed by atoms with Gasteiger partial charge in [-0.1, -0.05) is 19.1 Å². The highest BCUT2D eigenvalue weighted by atomic mass is 32.2. The van der Waals surface area contributed by atoms with Gasteiger partial charge in [0.1, 0.15) is 0 Å². The maximum absolute atomic E-state index is 6.08. The minimum absolute atomic E-state index is 0.148. The molecule has 1 aromatic carbocycles. The predicted octanol–water partition coefficient (Wildman–Crippen LogP) is 3.19. The molecule has 3 N–H and O–H groups in total. The van der Waals surface area contributed by atoms with Gasteiger partial charge in [0, 0.05) is 16.5 Å². The van der Waals surface area contributed by atoms with E-state index in [1.807, 2.05) is 18.8 Å². The zero-order valence-corrected chi connectivity index (χ0v) is 12.1. The van der Waals surface area contributed by atoms with E-state index in [1.165, 1.54) is 10.5 Å². The fourth-order valence-corrected chi connectivity index (χ4v) is 2.54. The van der Waals surface area contributed by atoms with Gasteiger partial charge < -0.3 is 11.1 Å². The molecule has 17 heavy (non-hydrogen) atoms. The lowest BCUT2D eigenvalue weighted by molar-refractivity contribution is 0.396. The van der Waals surface area contributed by atoms with Crippen molar-refractivity contribution >= 4 is 11.8 Å². The van der Waals surface area contributed by atoms with Crippen molar-refractivity contribution in [3.63, 3.8) is 0 Å². The Morgan fingerprint density at radius 1 is 1.29 bits per heavy atom. The molecule has 0 aliphatic heterocycles. The summed E-state index contributed by atoms with van der Waals surface area (Å²) in [4.78, 5) is 1.33. The van der Waals surface area contributed by atoms with Crippen molar-refractivity contribution in [3.05, 3.63) is 29.8 Å². The average Bonchev–Trinajstić information content (AvgIpc) is 2.26. The van der Waals surface area contributed by atoms with Crippen LogP contribution in [0.25, 0.3) is 0 Å². The molecule has 2 nitrogen and oxygen atoms in total. The smallest absolute Gasteiger partial charge is 0.0334 e. The third kappa shape index (κ3) is 5.11. The number of nitrogens with two attached hydrogens (primary N) is 1. The van der Waals surface area contributed by atoms with Crippen molar-refractivity contribution in [2.75, 3.05) is 12.8 Å². The quantitative estimate of drug-likeness (QED) is 0.764. The van der Waals surface area contributed by atoms with Crippen molar-refractivity contribution in [3.8, 4) is 0 Å². The Kier molecular flexibility index (Phi) is 5.50. The fraction of sp³-hybridized carbons (Fsp3) is 0.571. The first-order valence-corrected chi connectivity index (χ1v) is 7.13. The van der Waals surface area contributed by atoms with E-state index in [4.69, 9.17) is 5.73 Å². The van der Waals surface area contributed by atoms with Gasteiger partial charge in [-0.15, -0.1) is 11.8 Å². The first-order chi connectivity index (χ1) is 7.96. The average molecular weight is 252 g/mol. The molecule has 0 saturated carbocycles. The first-order valence-electron chi connectivity index (χ1n) is 6.15. The van der Waals surface area contributed by atoms with E-state index in [9.17, 15) is 0 Å². The summed E-state index contributed by atoms with van der Waals surface area (Å²) in [6, 6.07) is 9.11. The molecule has 0 radical (unpaired) electrons. The topological polar surface area (TPSA) is 38.0 Å². The molecular formula is C14H24N2S. The third-order valence-corrected chi connectivity index (χ3v) is 3.57. The summed E-state index contributed by atoms with van der Waals surface area (Å²) in [6.45, 7) is 6.31. The van der Waals surface area contributed by atoms with Crippen LogP contribution in [0.4, 0.5) is 0 Å². The molecule has 1 aromatic rings. The number of benzene rings is 1. The maximum atomic E-state index is 6.08. The molecule has 0 aliphatic rings. The van der Waals surface area contributed by atoms with E-state index in [0.717, 1.165) is 12.2 Å². The SMILES string of the molecule is CCSc1ccc(C(CC(C)(C)N)NC)cc1. The minimum atomic E-state index is -0.148. The summed E-state index contributed by atoms with van der Waals surface area (Å²) >= 11 is 1.87. The lowest BCUT2D eigenvalue weighted by Gasteiger charge is -2.26. The fourth-order valence-electron chi connectivity index (χ4n) is 1.88. The van der Waals surface area contributed by atoms with Crippen molar-refractivity contribution in [2.45, 2.75) is 43.7 Å². The molecule has 1 atom stereocenters. The summed E-state index contributed by atoms with van der Waals surface area (Å²) < 4.78 is 0. The lowest BCUT2D eigenvalue weighted by atomic mass is 9.92. The number of rotatable bonds is 6. The highest BCUT2D eigenvalue weighted by Gasteiger charge is 2.19. The van der Waals surface area contributed by atoms with E-state index in [2.05, 4.69) is 50.4 Å². The van der Waals surface area contributed by atoms with Gasteiger partial charge in [-0.2, -0.15) is 0 Å². The summed E-state index contributed by atoms with van der Waals surface area (Å²) in [5.74, 6) is 1.12. The molecular weight excluding hydrogens is 228 g/mol. The van der Waals surface area contributed by atoms with Gasteiger partial charge in [0.2, 0.25) is 0 Å². The second-order valence-electron chi connectivity index (χ2n) is 5.04. The minimum Gasteiger partial charge on any atom is -0.325 e. The molecule has 0 fully saturated rings. The Morgan fingerprint density at radius 2 is 1.88 bits per heavy atom. The Bertz CT molecular complexity index is 327. The van der Waals surface area contributed by atoms with Crippen LogP contribution in [0.15, 0.2) is 29.2 Å². The van der Waals surface area contributed by atoms with Crippen molar-refractivity contribution in [2.24, 2.45) is 5.73 Å². The number of thioether (sulfide) groups is 1. The molecule has 0 bridgehead atoms. The maximum Gasteiger partial charge on any atom is 0.0334 e. The van der Waals surface area contributed by atoms with Gasteiger partial charge in [0.15, 0.2) is 0 Å². The van der Waals surface area contributed by atoms with Crippen molar-refractivity contribution in [1.82, 2.24) is 5.32 Å². The molecule has 3 heteroatoms. The van der Waals surface area contributed by atoms with Gasteiger partial charge in [-0.3, -0.25) is 0 Å². The molecule has 1 rings (SSSR count). The summed E-state index contributed by atoms with van der Waals surface area (Å²) in [6.07, 6.45) is 0.934. The summed E-state index contributed by atoms with van der Waals surface area (Å²) in [5.41, 5.74) is 7.25. The molecule has 96 valence electrons. The molecule has 0 spiro atoms. The van der Waals surface area contributed by atoms with Crippen LogP contribution >= 0.6 is 11.8 Å². The Labute approximate surface area is 109 Å². The Balaban J connectivity index is 2.75. The third-order valence-electron chi connectivity index (χ3n) is 2.67. The second kappa shape index (κ2) is 6.43. The highest BCUT2D eigenvalue weighted by Crippen LogP contribution is 2.25. The first kappa shape index (κ1) is 14.6. The van der Waals surface area contributed by atoms with Gasteiger partial charge in [0.25, 0.3) is 0 Å². The molecule has 0 heterocycles. The van der Waals surface area contributed by atoms with Crippen LogP contribution in [0.3, 0.4) is 0 Å². The van der Waals surface area contributed by atoms with Crippen LogP contribution in [0.5, 0.6) is 0 Å². The van der Waals surface area contributed by atoms with Crippen LogP contribution in [-0.2, 0) is 0 Å². The van der Waals surface area contributed by atoms with Gasteiger partial charge in [0.05, 0.1) is 0 Å². The van der Waals surface area contributed by atoms with Crippen LogP contribution in [-0.4, -0.2) is 18.3 Å². The predicted molar refractivity (Wildman–Crippen MR) is 77.5 cm³/mol. The molecule has 0 aliphatic carbocycles. The standard InChI is InChI=1S/C14H24N2S/c1-5-17-12-8-6-11(7-9-12)13(16-4)10-14(2,3)15/h6-9,13,16H,5,10,15H2,1-4H3. The lowest BCUT2D eigenvalue weighted by Crippen LogP contribution is -2.36. The van der Waals surface area contributed by atoms with E-state index < -0.39 is 0 Å². The van der Waals surface area contributed by atoms with Crippen LogP contribution in [0, 0.1) is 0 Å². The monoisotopic (exact) mass is 252 g/mol. The van der Waals surface area contributed by atoms with Gasteiger partial charge in [-0.25, -0.2) is 0 Å². The summed E-state index contributed by atoms with van der Waals surface area (Å²) in [5, 5.41) is 3.34. The van der Waals surface area contributed by atoms with Crippen molar-refractivity contribution in [1.29, 1.82) is 0 Å². The molecule has 0 amide bonds. The normalized spacial score (nSPS) is 13.7. The zero-order valence-electron chi connectivity index (χ0n) is 11.3. The highest BCUT2D eigenvalue weighted by molar-refractivity contribution is 7.99. The van der Waals surface area contributed by atoms with E-state index in [-0.39, 0.29) is 5.54 Å². The number of nitrogens with one attached hydrogen (secondary N) is 1. The largest absolute Gasteiger partial charge is 0.325 e. The van der Waals surface area contributed by atoms with Crippen LogP contribution in [0.1, 0.15) is 38.8 Å². The molecule has 1 unspecified atom stereocenters. The Morgan fingerprint density at radius 3 is 2.29 bits per heavy atom. The van der Waals surface area contributed by atoms with Crippen molar-refractivity contribution < 1.29 is 0 Å². The summed E-state index contributed by atoms with van der Waals surface area (Å²) in [7, 11) is 1.99. The van der Waals surface area contributed by atoms with Gasteiger partial charge >= 0.3 is 0 Å². The number of hydrogen-bond acceptors (Lipinski definition) is 3. The number of hydrogen-bond donors (Lipinski definition) is 2. The van der Waals surface area contributed by atoms with Gasteiger partial charge in [-0.05, 0) is 50.8 Å². The van der Waals surface area contributed by atoms with Crippen LogP contribution < -0.4 is 11.1 Å². The van der Waals surface area contributed by atoms with E-state index in [1.54, 1.807) is 0 Å².